The molecular weight excluding hydrogens is 332 g/mol. The van der Waals surface area contributed by atoms with Gasteiger partial charge in [0.15, 0.2) is 0 Å². The maximum atomic E-state index is 11.3. The molecule has 0 saturated carbocycles. The second-order valence-corrected chi connectivity index (χ2v) is 10.0. The zero-order valence-electron chi connectivity index (χ0n) is 14.5. The van der Waals surface area contributed by atoms with Crippen molar-refractivity contribution in [3.63, 3.8) is 0 Å². The SMILES string of the molecule is CCCCCC(C)(O)C1(CCC2(CO)CCOO2)CCCSS1. The normalized spacial score (nSPS) is 34.4. The lowest BCUT2D eigenvalue weighted by Crippen LogP contribution is -2.51. The molecule has 0 radical (unpaired) electrons. The van der Waals surface area contributed by atoms with Gasteiger partial charge in [-0.05, 0) is 39.0 Å². The van der Waals surface area contributed by atoms with Crippen LogP contribution >= 0.6 is 21.6 Å². The summed E-state index contributed by atoms with van der Waals surface area (Å²) in [5.41, 5.74) is -1.26. The molecule has 3 unspecified atom stereocenters. The van der Waals surface area contributed by atoms with Gasteiger partial charge in [-0.25, -0.2) is 9.78 Å². The number of rotatable bonds is 9. The lowest BCUT2D eigenvalue weighted by atomic mass is 9.76. The number of aliphatic hydroxyl groups excluding tert-OH is 1. The molecule has 0 spiro atoms. The Kier molecular flexibility index (Phi) is 7.57. The van der Waals surface area contributed by atoms with Gasteiger partial charge >= 0.3 is 0 Å². The van der Waals surface area contributed by atoms with Crippen LogP contribution in [0, 0.1) is 0 Å². The van der Waals surface area contributed by atoms with E-state index in [1.54, 1.807) is 0 Å². The summed E-state index contributed by atoms with van der Waals surface area (Å²) < 4.78 is -0.155. The van der Waals surface area contributed by atoms with Gasteiger partial charge in [-0.1, -0.05) is 47.8 Å². The highest BCUT2D eigenvalue weighted by atomic mass is 33.1. The van der Waals surface area contributed by atoms with Gasteiger partial charge in [0.2, 0.25) is 0 Å². The van der Waals surface area contributed by atoms with E-state index in [-0.39, 0.29) is 11.4 Å². The first-order chi connectivity index (χ1) is 11.0. The summed E-state index contributed by atoms with van der Waals surface area (Å²) in [6.07, 6.45) is 8.76. The summed E-state index contributed by atoms with van der Waals surface area (Å²) in [5, 5.41) is 21.0. The smallest absolute Gasteiger partial charge is 0.129 e. The average Bonchev–Trinajstić information content (AvgIpc) is 3.03. The third kappa shape index (κ3) is 4.79. The highest BCUT2D eigenvalue weighted by molar-refractivity contribution is 8.77. The van der Waals surface area contributed by atoms with Crippen LogP contribution in [-0.4, -0.2) is 45.1 Å². The van der Waals surface area contributed by atoms with Crippen molar-refractivity contribution in [1.29, 1.82) is 0 Å². The molecule has 23 heavy (non-hydrogen) atoms. The van der Waals surface area contributed by atoms with Crippen LogP contribution in [0.3, 0.4) is 0 Å². The molecule has 0 aromatic heterocycles. The molecule has 6 heteroatoms. The zero-order valence-corrected chi connectivity index (χ0v) is 16.1. The largest absolute Gasteiger partial charge is 0.393 e. The Morgan fingerprint density at radius 3 is 2.61 bits per heavy atom. The van der Waals surface area contributed by atoms with E-state index in [9.17, 15) is 10.2 Å². The van der Waals surface area contributed by atoms with Crippen molar-refractivity contribution in [3.8, 4) is 0 Å². The van der Waals surface area contributed by atoms with Gasteiger partial charge < -0.3 is 10.2 Å². The summed E-state index contributed by atoms with van der Waals surface area (Å²) in [5.74, 6) is 1.15. The van der Waals surface area contributed by atoms with Gasteiger partial charge in [0.1, 0.15) is 5.60 Å². The van der Waals surface area contributed by atoms with Crippen LogP contribution in [0.2, 0.25) is 0 Å². The fourth-order valence-corrected chi connectivity index (χ4v) is 7.16. The van der Waals surface area contributed by atoms with Crippen LogP contribution < -0.4 is 0 Å². The van der Waals surface area contributed by atoms with Crippen molar-refractivity contribution >= 4 is 21.6 Å². The zero-order chi connectivity index (χ0) is 16.8. The number of unbranched alkanes of at least 4 members (excludes halogenated alkanes) is 2. The van der Waals surface area contributed by atoms with Gasteiger partial charge in [-0.3, -0.25) is 0 Å². The third-order valence-corrected chi connectivity index (χ3v) is 8.98. The second kappa shape index (κ2) is 8.77. The molecule has 0 bridgehead atoms. The van der Waals surface area contributed by atoms with E-state index < -0.39 is 11.2 Å². The number of hydrogen-bond acceptors (Lipinski definition) is 6. The first-order valence-corrected chi connectivity index (χ1v) is 11.3. The van der Waals surface area contributed by atoms with Crippen LogP contribution in [-0.2, 0) is 9.78 Å². The van der Waals surface area contributed by atoms with Crippen molar-refractivity contribution < 1.29 is 20.0 Å². The molecule has 136 valence electrons. The van der Waals surface area contributed by atoms with Gasteiger partial charge in [0.05, 0.1) is 23.6 Å². The van der Waals surface area contributed by atoms with Crippen molar-refractivity contribution in [2.24, 2.45) is 0 Å². The van der Waals surface area contributed by atoms with Crippen molar-refractivity contribution in [2.45, 2.75) is 87.6 Å². The quantitative estimate of drug-likeness (QED) is 0.365. The summed E-state index contributed by atoms with van der Waals surface area (Å²) in [6.45, 7) is 4.73. The molecule has 0 aliphatic carbocycles. The maximum Gasteiger partial charge on any atom is 0.129 e. The molecule has 0 amide bonds. The van der Waals surface area contributed by atoms with Gasteiger partial charge in [-0.2, -0.15) is 0 Å². The first-order valence-electron chi connectivity index (χ1n) is 8.94. The summed E-state index contributed by atoms with van der Waals surface area (Å²) in [7, 11) is 3.74. The lowest BCUT2D eigenvalue weighted by molar-refractivity contribution is -0.317. The van der Waals surface area contributed by atoms with E-state index in [0.29, 0.717) is 6.61 Å². The average molecular weight is 365 g/mol. The Morgan fingerprint density at radius 1 is 1.22 bits per heavy atom. The number of hydrogen-bond donors (Lipinski definition) is 2. The fourth-order valence-electron chi connectivity index (χ4n) is 3.57. The van der Waals surface area contributed by atoms with E-state index in [1.165, 1.54) is 12.8 Å². The van der Waals surface area contributed by atoms with E-state index in [2.05, 4.69) is 6.92 Å². The monoisotopic (exact) mass is 364 g/mol. The Morgan fingerprint density at radius 2 is 2.04 bits per heavy atom. The maximum absolute atomic E-state index is 11.3. The van der Waals surface area contributed by atoms with E-state index in [1.807, 2.05) is 28.5 Å². The molecule has 2 rings (SSSR count). The van der Waals surface area contributed by atoms with E-state index >= 15 is 0 Å². The molecule has 4 nitrogen and oxygen atoms in total. The van der Waals surface area contributed by atoms with E-state index in [0.717, 1.165) is 50.7 Å². The Balaban J connectivity index is 2.05. The molecule has 2 fully saturated rings. The predicted molar refractivity (Wildman–Crippen MR) is 97.5 cm³/mol. The molecule has 2 heterocycles. The Bertz CT molecular complexity index is 351. The fraction of sp³-hybridized carbons (Fsp3) is 1.00. The molecule has 0 aromatic carbocycles. The minimum Gasteiger partial charge on any atom is -0.393 e. The van der Waals surface area contributed by atoms with Crippen LogP contribution in [0.1, 0.15) is 71.6 Å². The minimum absolute atomic E-state index is 0.0150. The standard InChI is InChI=1S/C17H32O4S2/c1-3-4-5-7-15(2,19)17(8-6-13-22-23-17)10-9-16(14-18)11-12-20-21-16/h18-19H,3-14H2,1-2H3. The Hall–Kier alpha value is 0.540. The second-order valence-electron chi connectivity index (χ2n) is 7.23. The molecule has 2 saturated heterocycles. The van der Waals surface area contributed by atoms with Gasteiger partial charge in [0.25, 0.3) is 0 Å². The van der Waals surface area contributed by atoms with Crippen LogP contribution in [0.5, 0.6) is 0 Å². The predicted octanol–water partition coefficient (Wildman–Crippen LogP) is 4.09. The lowest BCUT2D eigenvalue weighted by Gasteiger charge is -2.48. The van der Waals surface area contributed by atoms with Gasteiger partial charge in [-0.15, -0.1) is 0 Å². The molecule has 2 aliphatic heterocycles. The highest BCUT2D eigenvalue weighted by Gasteiger charge is 2.50. The number of aliphatic hydroxyl groups is 2. The van der Waals surface area contributed by atoms with Crippen LogP contribution in [0.4, 0.5) is 0 Å². The van der Waals surface area contributed by atoms with E-state index in [4.69, 9.17) is 9.78 Å². The van der Waals surface area contributed by atoms with Gasteiger partial charge in [0, 0.05) is 12.2 Å². The molecular formula is C17H32O4S2. The topological polar surface area (TPSA) is 58.9 Å². The molecule has 2 aliphatic rings. The van der Waals surface area contributed by atoms with Crippen molar-refractivity contribution in [1.82, 2.24) is 0 Å². The highest BCUT2D eigenvalue weighted by Crippen LogP contribution is 2.55. The Labute approximate surface area is 148 Å². The van der Waals surface area contributed by atoms with Crippen LogP contribution in [0.25, 0.3) is 0 Å². The summed E-state index contributed by atoms with van der Waals surface area (Å²) in [4.78, 5) is 10.4. The molecule has 3 atom stereocenters. The molecule has 0 aromatic rings. The molecule has 2 N–H and O–H groups in total. The third-order valence-electron chi connectivity index (χ3n) is 5.42. The first kappa shape index (κ1) is 19.9. The summed E-state index contributed by atoms with van der Waals surface area (Å²) in [6, 6.07) is 0. The van der Waals surface area contributed by atoms with Crippen molar-refractivity contribution in [2.75, 3.05) is 19.0 Å². The minimum atomic E-state index is -0.684. The van der Waals surface area contributed by atoms with Crippen LogP contribution in [0.15, 0.2) is 0 Å². The summed E-state index contributed by atoms with van der Waals surface area (Å²) >= 11 is 0. The van der Waals surface area contributed by atoms with Crippen molar-refractivity contribution in [3.05, 3.63) is 0 Å².